The van der Waals surface area contributed by atoms with Crippen LogP contribution >= 0.6 is 0 Å². The summed E-state index contributed by atoms with van der Waals surface area (Å²) >= 11 is 0. The number of hydrogen-bond donors (Lipinski definition) is 1. The molecule has 0 spiro atoms. The zero-order valence-electron chi connectivity index (χ0n) is 8.73. The van der Waals surface area contributed by atoms with Crippen molar-refractivity contribution in [3.8, 4) is 12.3 Å². The standard InChI is InChI=1S/C11H11NO3S/c1-3-8-12-16(14,15)11-6-4-10(5-7-11)9(2)13/h1,4-7,12H,8H2,2H3. The highest BCUT2D eigenvalue weighted by atomic mass is 32.2. The fourth-order valence-corrected chi connectivity index (χ4v) is 2.02. The number of Topliss-reactive ketones (excluding diaryl/α,β-unsaturated/α-hetero) is 1. The molecule has 0 saturated heterocycles. The Balaban J connectivity index is 2.98. The second-order valence-electron chi connectivity index (χ2n) is 3.11. The van der Waals surface area contributed by atoms with Gasteiger partial charge in [0.05, 0.1) is 11.4 Å². The van der Waals surface area contributed by atoms with Crippen molar-refractivity contribution >= 4 is 15.8 Å². The van der Waals surface area contributed by atoms with E-state index in [1.54, 1.807) is 0 Å². The van der Waals surface area contributed by atoms with E-state index in [4.69, 9.17) is 6.42 Å². The predicted molar refractivity (Wildman–Crippen MR) is 60.5 cm³/mol. The highest BCUT2D eigenvalue weighted by Crippen LogP contribution is 2.10. The van der Waals surface area contributed by atoms with Gasteiger partial charge in [-0.25, -0.2) is 8.42 Å². The van der Waals surface area contributed by atoms with Gasteiger partial charge in [0.25, 0.3) is 0 Å². The quantitative estimate of drug-likeness (QED) is 0.622. The first-order valence-electron chi connectivity index (χ1n) is 4.51. The van der Waals surface area contributed by atoms with E-state index in [-0.39, 0.29) is 17.2 Å². The van der Waals surface area contributed by atoms with Crippen molar-refractivity contribution in [1.29, 1.82) is 0 Å². The lowest BCUT2D eigenvalue weighted by atomic mass is 10.2. The van der Waals surface area contributed by atoms with E-state index in [9.17, 15) is 13.2 Å². The largest absolute Gasteiger partial charge is 0.295 e. The molecule has 1 aromatic rings. The molecule has 0 aliphatic heterocycles. The number of benzene rings is 1. The number of ketones is 1. The maximum Gasteiger partial charge on any atom is 0.241 e. The maximum atomic E-state index is 11.6. The van der Waals surface area contributed by atoms with Gasteiger partial charge in [0, 0.05) is 5.56 Å². The van der Waals surface area contributed by atoms with Gasteiger partial charge >= 0.3 is 0 Å². The van der Waals surface area contributed by atoms with Crippen molar-refractivity contribution in [2.45, 2.75) is 11.8 Å². The Morgan fingerprint density at radius 2 is 1.94 bits per heavy atom. The van der Waals surface area contributed by atoms with Crippen LogP contribution < -0.4 is 4.72 Å². The Kier molecular flexibility index (Phi) is 3.82. The van der Waals surface area contributed by atoms with Crippen LogP contribution in [0.3, 0.4) is 0 Å². The summed E-state index contributed by atoms with van der Waals surface area (Å²) in [4.78, 5) is 11.1. The summed E-state index contributed by atoms with van der Waals surface area (Å²) in [6.45, 7) is 1.36. The van der Waals surface area contributed by atoms with Crippen LogP contribution in [0.1, 0.15) is 17.3 Å². The van der Waals surface area contributed by atoms with Gasteiger partial charge < -0.3 is 0 Å². The predicted octanol–water partition coefficient (Wildman–Crippen LogP) is 0.801. The summed E-state index contributed by atoms with van der Waals surface area (Å²) in [5.74, 6) is 2.07. The number of rotatable bonds is 4. The van der Waals surface area contributed by atoms with Gasteiger partial charge in [-0.2, -0.15) is 4.72 Å². The lowest BCUT2D eigenvalue weighted by molar-refractivity contribution is 0.101. The van der Waals surface area contributed by atoms with Crippen molar-refractivity contribution in [1.82, 2.24) is 4.72 Å². The Bertz CT molecular complexity index is 523. The van der Waals surface area contributed by atoms with Crippen molar-refractivity contribution in [3.05, 3.63) is 29.8 Å². The molecule has 16 heavy (non-hydrogen) atoms. The molecule has 5 heteroatoms. The molecule has 0 heterocycles. The molecule has 0 atom stereocenters. The molecule has 0 aromatic heterocycles. The molecule has 1 aromatic carbocycles. The van der Waals surface area contributed by atoms with E-state index in [0.29, 0.717) is 5.56 Å². The van der Waals surface area contributed by atoms with Gasteiger partial charge in [-0.05, 0) is 19.1 Å². The summed E-state index contributed by atoms with van der Waals surface area (Å²) in [5, 5.41) is 0. The van der Waals surface area contributed by atoms with Crippen molar-refractivity contribution < 1.29 is 13.2 Å². The first kappa shape index (κ1) is 12.4. The van der Waals surface area contributed by atoms with Gasteiger partial charge in [0.2, 0.25) is 10.0 Å². The molecular formula is C11H11NO3S. The SMILES string of the molecule is C#CCNS(=O)(=O)c1ccc(C(C)=O)cc1. The fraction of sp³-hybridized carbons (Fsp3) is 0.182. The monoisotopic (exact) mass is 237 g/mol. The van der Waals surface area contributed by atoms with Crippen LogP contribution in [0.15, 0.2) is 29.2 Å². The third-order valence-corrected chi connectivity index (χ3v) is 3.35. The van der Waals surface area contributed by atoms with Crippen LogP contribution in [-0.4, -0.2) is 20.7 Å². The summed E-state index contributed by atoms with van der Waals surface area (Å²) in [5.41, 5.74) is 0.468. The molecule has 0 bridgehead atoms. The Morgan fingerprint density at radius 3 is 2.38 bits per heavy atom. The van der Waals surface area contributed by atoms with Crippen LogP contribution in [0.5, 0.6) is 0 Å². The molecule has 0 fully saturated rings. The van der Waals surface area contributed by atoms with Crippen LogP contribution in [0.2, 0.25) is 0 Å². The van der Waals surface area contributed by atoms with Gasteiger partial charge in [-0.3, -0.25) is 4.79 Å². The molecule has 4 nitrogen and oxygen atoms in total. The minimum atomic E-state index is -3.57. The number of terminal acetylenes is 1. The Labute approximate surface area is 94.7 Å². The molecule has 0 aliphatic carbocycles. The fourth-order valence-electron chi connectivity index (χ4n) is 1.09. The van der Waals surface area contributed by atoms with Crippen molar-refractivity contribution in [2.24, 2.45) is 0 Å². The average molecular weight is 237 g/mol. The highest BCUT2D eigenvalue weighted by Gasteiger charge is 2.12. The summed E-state index contributed by atoms with van der Waals surface area (Å²) < 4.78 is 25.4. The van der Waals surface area contributed by atoms with Gasteiger partial charge in [0.15, 0.2) is 5.78 Å². The molecule has 0 aliphatic rings. The molecule has 84 valence electrons. The first-order valence-corrected chi connectivity index (χ1v) is 6.00. The number of sulfonamides is 1. The van der Waals surface area contributed by atoms with Gasteiger partial charge in [-0.1, -0.05) is 18.1 Å². The molecule has 1 N–H and O–H groups in total. The van der Waals surface area contributed by atoms with E-state index < -0.39 is 10.0 Å². The smallest absolute Gasteiger partial charge is 0.241 e. The normalized spacial score (nSPS) is 10.8. The first-order chi connectivity index (χ1) is 7.47. The topological polar surface area (TPSA) is 63.2 Å². The molecule has 0 amide bonds. The van der Waals surface area contributed by atoms with E-state index in [2.05, 4.69) is 10.6 Å². The van der Waals surface area contributed by atoms with Crippen LogP contribution in [0, 0.1) is 12.3 Å². The van der Waals surface area contributed by atoms with E-state index >= 15 is 0 Å². The van der Waals surface area contributed by atoms with E-state index in [0.717, 1.165) is 0 Å². The van der Waals surface area contributed by atoms with Crippen LogP contribution in [-0.2, 0) is 10.0 Å². The van der Waals surface area contributed by atoms with Gasteiger partial charge in [-0.15, -0.1) is 6.42 Å². The molecule has 1 rings (SSSR count). The van der Waals surface area contributed by atoms with E-state index in [1.165, 1.54) is 31.2 Å². The van der Waals surface area contributed by atoms with Gasteiger partial charge in [0.1, 0.15) is 0 Å². The lowest BCUT2D eigenvalue weighted by Gasteiger charge is -2.04. The lowest BCUT2D eigenvalue weighted by Crippen LogP contribution is -2.23. The summed E-state index contributed by atoms with van der Waals surface area (Å²) in [6.07, 6.45) is 4.96. The van der Waals surface area contributed by atoms with E-state index in [1.807, 2.05) is 0 Å². The second-order valence-corrected chi connectivity index (χ2v) is 4.88. The number of nitrogens with one attached hydrogen (secondary N) is 1. The van der Waals surface area contributed by atoms with Crippen LogP contribution in [0.25, 0.3) is 0 Å². The average Bonchev–Trinajstić information content (AvgIpc) is 2.26. The van der Waals surface area contributed by atoms with Crippen molar-refractivity contribution in [3.63, 3.8) is 0 Å². The Hall–Kier alpha value is -1.64. The Morgan fingerprint density at radius 1 is 1.38 bits per heavy atom. The third kappa shape index (κ3) is 2.92. The molecular weight excluding hydrogens is 226 g/mol. The number of carbonyl (C=O) groups is 1. The zero-order chi connectivity index (χ0) is 12.2. The molecule has 0 unspecified atom stereocenters. The highest BCUT2D eigenvalue weighted by molar-refractivity contribution is 7.89. The third-order valence-electron chi connectivity index (χ3n) is 1.94. The summed E-state index contributed by atoms with van der Waals surface area (Å²) in [6, 6.07) is 5.67. The second kappa shape index (κ2) is 4.92. The minimum absolute atomic E-state index is 0.0587. The van der Waals surface area contributed by atoms with Crippen molar-refractivity contribution in [2.75, 3.05) is 6.54 Å². The van der Waals surface area contributed by atoms with Crippen LogP contribution in [0.4, 0.5) is 0 Å². The maximum absolute atomic E-state index is 11.6. The zero-order valence-corrected chi connectivity index (χ0v) is 9.54. The number of hydrogen-bond acceptors (Lipinski definition) is 3. The minimum Gasteiger partial charge on any atom is -0.295 e. The number of carbonyl (C=O) groups excluding carboxylic acids is 1. The molecule has 0 radical (unpaired) electrons. The molecule has 0 saturated carbocycles. The summed E-state index contributed by atoms with van der Waals surface area (Å²) in [7, 11) is -3.57.